The van der Waals surface area contributed by atoms with Crippen LogP contribution < -0.4 is 0 Å². The average molecular weight is 290 g/mol. The molecule has 0 amide bonds. The number of rotatable bonds is 3. The zero-order valence-corrected chi connectivity index (χ0v) is 12.1. The lowest BCUT2D eigenvalue weighted by Gasteiger charge is -2.35. The first-order chi connectivity index (χ1) is 10.0. The number of hydrogen-bond acceptors (Lipinski definition) is 5. The summed E-state index contributed by atoms with van der Waals surface area (Å²) in [6.45, 7) is 6.38. The molecule has 0 N–H and O–H groups in total. The molecule has 1 aliphatic rings. The Morgan fingerprint density at radius 2 is 2.10 bits per heavy atom. The third-order valence-electron chi connectivity index (χ3n) is 3.67. The Labute approximate surface area is 122 Å². The summed E-state index contributed by atoms with van der Waals surface area (Å²) in [5.41, 5.74) is 0.879. The van der Waals surface area contributed by atoms with Crippen molar-refractivity contribution in [1.29, 1.82) is 0 Å². The molecule has 2 heterocycles. The Morgan fingerprint density at radius 1 is 1.38 bits per heavy atom. The highest BCUT2D eigenvalue weighted by molar-refractivity contribution is 5.80. The molecule has 0 spiro atoms. The van der Waals surface area contributed by atoms with Crippen molar-refractivity contribution in [3.05, 3.63) is 34.5 Å². The highest BCUT2D eigenvalue weighted by Gasteiger charge is 2.23. The summed E-state index contributed by atoms with van der Waals surface area (Å²) in [7, 11) is 0. The lowest BCUT2D eigenvalue weighted by molar-refractivity contribution is -0.384. The highest BCUT2D eigenvalue weighted by atomic mass is 16.6. The number of nitro groups is 1. The van der Waals surface area contributed by atoms with Crippen LogP contribution in [0.2, 0.25) is 0 Å². The standard InChI is InChI=1S/C14H18N4O3/c1-10-7-16(8-11(2)21-10)9-17-14-5-13(18(19)20)4-3-12(14)6-15-17/h3-6,10-11H,7-9H2,1-2H3. The Hall–Kier alpha value is -1.99. The van der Waals surface area contributed by atoms with E-state index < -0.39 is 0 Å². The summed E-state index contributed by atoms with van der Waals surface area (Å²) in [4.78, 5) is 12.8. The van der Waals surface area contributed by atoms with Crippen molar-refractivity contribution in [2.24, 2.45) is 0 Å². The minimum Gasteiger partial charge on any atom is -0.373 e. The fraction of sp³-hybridized carbons (Fsp3) is 0.500. The molecule has 1 fully saturated rings. The number of benzene rings is 1. The summed E-state index contributed by atoms with van der Waals surface area (Å²) < 4.78 is 7.53. The quantitative estimate of drug-likeness (QED) is 0.638. The van der Waals surface area contributed by atoms with Gasteiger partial charge in [-0.2, -0.15) is 5.10 Å². The van der Waals surface area contributed by atoms with Gasteiger partial charge in [-0.1, -0.05) is 0 Å². The van der Waals surface area contributed by atoms with E-state index in [0.717, 1.165) is 24.0 Å². The van der Waals surface area contributed by atoms with Crippen LogP contribution in [0.4, 0.5) is 5.69 Å². The van der Waals surface area contributed by atoms with E-state index in [9.17, 15) is 10.1 Å². The highest BCUT2D eigenvalue weighted by Crippen LogP contribution is 2.21. The molecule has 2 atom stereocenters. The first-order valence-electron chi connectivity index (χ1n) is 7.00. The minimum absolute atomic E-state index is 0.0907. The number of non-ortho nitro benzene ring substituents is 1. The first kappa shape index (κ1) is 14.0. The molecule has 21 heavy (non-hydrogen) atoms. The number of fused-ring (bicyclic) bond motifs is 1. The number of morpholine rings is 1. The molecular weight excluding hydrogens is 272 g/mol. The molecule has 112 valence electrons. The second-order valence-electron chi connectivity index (χ2n) is 5.58. The van der Waals surface area contributed by atoms with E-state index in [1.54, 1.807) is 18.3 Å². The predicted molar refractivity (Wildman–Crippen MR) is 78.0 cm³/mol. The number of nitro benzene ring substituents is 1. The fourth-order valence-corrected chi connectivity index (χ4v) is 2.87. The van der Waals surface area contributed by atoms with Crippen LogP contribution in [-0.4, -0.2) is 44.9 Å². The molecule has 3 rings (SSSR count). The van der Waals surface area contributed by atoms with E-state index in [1.807, 2.05) is 4.68 Å². The molecule has 7 nitrogen and oxygen atoms in total. The molecule has 7 heteroatoms. The molecule has 0 bridgehead atoms. The van der Waals surface area contributed by atoms with E-state index in [0.29, 0.717) is 6.67 Å². The van der Waals surface area contributed by atoms with E-state index in [4.69, 9.17) is 4.74 Å². The number of hydrogen-bond donors (Lipinski definition) is 0. The van der Waals surface area contributed by atoms with Gasteiger partial charge in [0, 0.05) is 30.6 Å². The molecule has 1 aromatic heterocycles. The molecule has 0 aliphatic carbocycles. The van der Waals surface area contributed by atoms with Crippen LogP contribution in [-0.2, 0) is 11.4 Å². The van der Waals surface area contributed by atoms with E-state index in [-0.39, 0.29) is 22.8 Å². The van der Waals surface area contributed by atoms with Crippen molar-refractivity contribution in [2.75, 3.05) is 13.1 Å². The van der Waals surface area contributed by atoms with Gasteiger partial charge in [-0.05, 0) is 19.9 Å². The van der Waals surface area contributed by atoms with Gasteiger partial charge in [0.25, 0.3) is 5.69 Å². The molecule has 1 saturated heterocycles. The maximum atomic E-state index is 10.9. The average Bonchev–Trinajstić information content (AvgIpc) is 2.80. The maximum Gasteiger partial charge on any atom is 0.271 e. The van der Waals surface area contributed by atoms with Crippen molar-refractivity contribution >= 4 is 16.6 Å². The van der Waals surface area contributed by atoms with Crippen molar-refractivity contribution in [1.82, 2.24) is 14.7 Å². The fourth-order valence-electron chi connectivity index (χ4n) is 2.87. The summed E-state index contributed by atoms with van der Waals surface area (Å²) in [5, 5.41) is 16.2. The smallest absolute Gasteiger partial charge is 0.271 e. The zero-order chi connectivity index (χ0) is 15.0. The van der Waals surface area contributed by atoms with Gasteiger partial charge in [-0.25, -0.2) is 0 Å². The van der Waals surface area contributed by atoms with Crippen LogP contribution >= 0.6 is 0 Å². The monoisotopic (exact) mass is 290 g/mol. The number of nitrogens with zero attached hydrogens (tertiary/aromatic N) is 4. The van der Waals surface area contributed by atoms with Gasteiger partial charge in [0.2, 0.25) is 0 Å². The summed E-state index contributed by atoms with van der Waals surface area (Å²) in [5.74, 6) is 0. The molecule has 0 saturated carbocycles. The van der Waals surface area contributed by atoms with Crippen LogP contribution in [0.1, 0.15) is 13.8 Å². The zero-order valence-electron chi connectivity index (χ0n) is 12.1. The van der Waals surface area contributed by atoms with Gasteiger partial charge in [0.1, 0.15) is 0 Å². The maximum absolute atomic E-state index is 10.9. The lowest BCUT2D eigenvalue weighted by atomic mass is 10.2. The topological polar surface area (TPSA) is 73.4 Å². The normalized spacial score (nSPS) is 23.5. The largest absolute Gasteiger partial charge is 0.373 e. The summed E-state index contributed by atoms with van der Waals surface area (Å²) in [6.07, 6.45) is 2.11. The van der Waals surface area contributed by atoms with Crippen molar-refractivity contribution in [3.63, 3.8) is 0 Å². The molecule has 2 unspecified atom stereocenters. The second kappa shape index (κ2) is 5.42. The van der Waals surface area contributed by atoms with Gasteiger partial charge in [0.05, 0.1) is 35.5 Å². The minimum atomic E-state index is -0.379. The molecule has 2 aromatic rings. The van der Waals surface area contributed by atoms with Gasteiger partial charge in [0.15, 0.2) is 0 Å². The SMILES string of the molecule is CC1CN(Cn2ncc3ccc([N+](=O)[O-])cc32)CC(C)O1. The van der Waals surface area contributed by atoms with Gasteiger partial charge in [-0.15, -0.1) is 0 Å². The Kier molecular flexibility index (Phi) is 3.60. The van der Waals surface area contributed by atoms with Crippen molar-refractivity contribution < 1.29 is 9.66 Å². The van der Waals surface area contributed by atoms with E-state index in [1.165, 1.54) is 6.07 Å². The van der Waals surface area contributed by atoms with Gasteiger partial charge in [-0.3, -0.25) is 19.7 Å². The third kappa shape index (κ3) is 2.88. The first-order valence-corrected chi connectivity index (χ1v) is 7.00. The van der Waals surface area contributed by atoms with Crippen LogP contribution in [0.15, 0.2) is 24.4 Å². The summed E-state index contributed by atoms with van der Waals surface area (Å²) >= 11 is 0. The van der Waals surface area contributed by atoms with E-state index in [2.05, 4.69) is 23.8 Å². The summed E-state index contributed by atoms with van der Waals surface area (Å²) in [6, 6.07) is 4.82. The van der Waals surface area contributed by atoms with Crippen LogP contribution in [0.25, 0.3) is 10.9 Å². The molecule has 1 aromatic carbocycles. The van der Waals surface area contributed by atoms with Crippen LogP contribution in [0.5, 0.6) is 0 Å². The third-order valence-corrected chi connectivity index (χ3v) is 3.67. The van der Waals surface area contributed by atoms with Gasteiger partial charge >= 0.3 is 0 Å². The molecule has 1 aliphatic heterocycles. The second-order valence-corrected chi connectivity index (χ2v) is 5.58. The Morgan fingerprint density at radius 3 is 2.76 bits per heavy atom. The molecule has 0 radical (unpaired) electrons. The van der Waals surface area contributed by atoms with Gasteiger partial charge < -0.3 is 4.74 Å². The van der Waals surface area contributed by atoms with E-state index >= 15 is 0 Å². The van der Waals surface area contributed by atoms with Crippen LogP contribution in [0.3, 0.4) is 0 Å². The molecular formula is C14H18N4O3. The van der Waals surface area contributed by atoms with Crippen molar-refractivity contribution in [2.45, 2.75) is 32.7 Å². The lowest BCUT2D eigenvalue weighted by Crippen LogP contribution is -2.45. The van der Waals surface area contributed by atoms with Crippen molar-refractivity contribution in [3.8, 4) is 0 Å². The number of aromatic nitrogens is 2. The predicted octanol–water partition coefficient (Wildman–Crippen LogP) is 2.01. The Bertz CT molecular complexity index is 659. The number of ether oxygens (including phenoxy) is 1. The van der Waals surface area contributed by atoms with Crippen LogP contribution in [0, 0.1) is 10.1 Å². The Balaban J connectivity index is 1.86.